The lowest BCUT2D eigenvalue weighted by Crippen LogP contribution is -2.33. The van der Waals surface area contributed by atoms with Gasteiger partial charge in [-0.1, -0.05) is 17.7 Å². The third-order valence-electron chi connectivity index (χ3n) is 2.88. The minimum atomic E-state index is -0.728. The number of amides is 1. The Morgan fingerprint density at radius 2 is 2.24 bits per heavy atom. The fraction of sp³-hybridized carbons (Fsp3) is 0.417. The van der Waals surface area contributed by atoms with Gasteiger partial charge in [-0.05, 0) is 36.1 Å². The number of carbonyl (C=O) groups is 1. The largest absolute Gasteiger partial charge is 0.448 e. The van der Waals surface area contributed by atoms with E-state index in [2.05, 4.69) is 16.1 Å². The number of primary amides is 1. The van der Waals surface area contributed by atoms with Gasteiger partial charge in [0.25, 0.3) is 0 Å². The van der Waals surface area contributed by atoms with E-state index < -0.39 is 6.09 Å². The van der Waals surface area contributed by atoms with E-state index in [1.807, 2.05) is 12.1 Å². The van der Waals surface area contributed by atoms with Crippen LogP contribution in [0.25, 0.3) is 0 Å². The molecule has 0 aromatic heterocycles. The molecule has 1 amide bonds. The van der Waals surface area contributed by atoms with Gasteiger partial charge in [-0.25, -0.2) is 4.79 Å². The Morgan fingerprint density at radius 3 is 3.00 bits per heavy atom. The molecule has 0 saturated heterocycles. The van der Waals surface area contributed by atoms with Gasteiger partial charge >= 0.3 is 6.09 Å². The Morgan fingerprint density at radius 1 is 1.47 bits per heavy atom. The van der Waals surface area contributed by atoms with Crippen molar-refractivity contribution in [2.45, 2.75) is 18.9 Å². The molecular weight excluding hydrogens is 240 g/mol. The van der Waals surface area contributed by atoms with Crippen molar-refractivity contribution < 1.29 is 9.53 Å². The van der Waals surface area contributed by atoms with E-state index in [4.69, 9.17) is 17.3 Å². The number of rotatable bonds is 4. The van der Waals surface area contributed by atoms with Crippen LogP contribution in [0.15, 0.2) is 18.2 Å². The van der Waals surface area contributed by atoms with Gasteiger partial charge in [-0.15, -0.1) is 0 Å². The second-order valence-corrected chi connectivity index (χ2v) is 4.58. The van der Waals surface area contributed by atoms with E-state index in [-0.39, 0.29) is 0 Å². The summed E-state index contributed by atoms with van der Waals surface area (Å²) in [7, 11) is 0. The van der Waals surface area contributed by atoms with Gasteiger partial charge in [0.15, 0.2) is 0 Å². The highest BCUT2D eigenvalue weighted by Crippen LogP contribution is 2.25. The molecule has 1 aliphatic rings. The standard InChI is InChI=1S/C12H15ClN2O2/c13-10-2-1-8-6-11(7-9(8)5-10)15-3-4-17-12(14)16/h1-2,5,11,15H,3-4,6-7H2,(H2,14,16). The predicted molar refractivity (Wildman–Crippen MR) is 66.2 cm³/mol. The van der Waals surface area contributed by atoms with E-state index in [0.29, 0.717) is 19.2 Å². The van der Waals surface area contributed by atoms with Crippen molar-refractivity contribution in [3.8, 4) is 0 Å². The van der Waals surface area contributed by atoms with Crippen molar-refractivity contribution in [1.82, 2.24) is 5.32 Å². The summed E-state index contributed by atoms with van der Waals surface area (Å²) in [6, 6.07) is 6.39. The quantitative estimate of drug-likeness (QED) is 0.801. The van der Waals surface area contributed by atoms with Crippen LogP contribution in [0.2, 0.25) is 5.02 Å². The summed E-state index contributed by atoms with van der Waals surface area (Å²) in [4.78, 5) is 10.4. The molecule has 0 saturated carbocycles. The van der Waals surface area contributed by atoms with Crippen LogP contribution in [-0.4, -0.2) is 25.3 Å². The maximum atomic E-state index is 10.4. The molecule has 5 heteroatoms. The number of hydrogen-bond donors (Lipinski definition) is 2. The molecule has 17 heavy (non-hydrogen) atoms. The first-order chi connectivity index (χ1) is 8.15. The molecule has 4 nitrogen and oxygen atoms in total. The number of nitrogens with two attached hydrogens (primary N) is 1. The topological polar surface area (TPSA) is 64.4 Å². The minimum Gasteiger partial charge on any atom is -0.448 e. The summed E-state index contributed by atoms with van der Waals surface area (Å²) < 4.78 is 4.65. The number of carbonyl (C=O) groups excluding carboxylic acids is 1. The molecule has 0 radical (unpaired) electrons. The molecule has 0 spiro atoms. The zero-order chi connectivity index (χ0) is 12.3. The number of benzene rings is 1. The van der Waals surface area contributed by atoms with Crippen LogP contribution >= 0.6 is 11.6 Å². The number of fused-ring (bicyclic) bond motifs is 1. The third-order valence-corrected chi connectivity index (χ3v) is 3.12. The SMILES string of the molecule is NC(=O)OCCNC1Cc2ccc(Cl)cc2C1. The summed E-state index contributed by atoms with van der Waals surface area (Å²) in [6.07, 6.45) is 1.23. The Labute approximate surface area is 105 Å². The Kier molecular flexibility index (Phi) is 3.86. The highest BCUT2D eigenvalue weighted by molar-refractivity contribution is 6.30. The van der Waals surface area contributed by atoms with Crippen molar-refractivity contribution in [2.24, 2.45) is 5.73 Å². The maximum Gasteiger partial charge on any atom is 0.404 e. The van der Waals surface area contributed by atoms with Crippen LogP contribution in [0.5, 0.6) is 0 Å². The molecule has 0 heterocycles. The first-order valence-corrected chi connectivity index (χ1v) is 5.96. The zero-order valence-corrected chi connectivity index (χ0v) is 10.2. The van der Waals surface area contributed by atoms with Crippen molar-refractivity contribution in [1.29, 1.82) is 0 Å². The molecule has 3 N–H and O–H groups in total. The van der Waals surface area contributed by atoms with Gasteiger partial charge in [0.2, 0.25) is 0 Å². The third kappa shape index (κ3) is 3.35. The van der Waals surface area contributed by atoms with Crippen LogP contribution < -0.4 is 11.1 Å². The molecule has 1 aliphatic carbocycles. The molecule has 2 rings (SSSR count). The monoisotopic (exact) mass is 254 g/mol. The lowest BCUT2D eigenvalue weighted by atomic mass is 10.1. The number of halogens is 1. The first kappa shape index (κ1) is 12.2. The van der Waals surface area contributed by atoms with Crippen LogP contribution in [0, 0.1) is 0 Å². The number of ether oxygens (including phenoxy) is 1. The highest BCUT2D eigenvalue weighted by Gasteiger charge is 2.20. The van der Waals surface area contributed by atoms with E-state index in [1.54, 1.807) is 0 Å². The van der Waals surface area contributed by atoms with Crippen molar-refractivity contribution in [2.75, 3.05) is 13.2 Å². The summed E-state index contributed by atoms with van der Waals surface area (Å²) in [5.74, 6) is 0. The Bertz CT molecular complexity index is 423. The van der Waals surface area contributed by atoms with Crippen LogP contribution in [0.4, 0.5) is 4.79 Å². The van der Waals surface area contributed by atoms with Crippen molar-refractivity contribution in [3.05, 3.63) is 34.3 Å². The average Bonchev–Trinajstić information content (AvgIpc) is 2.66. The van der Waals surface area contributed by atoms with E-state index in [9.17, 15) is 4.79 Å². The molecule has 0 fully saturated rings. The van der Waals surface area contributed by atoms with Gasteiger partial charge in [0, 0.05) is 17.6 Å². The van der Waals surface area contributed by atoms with Crippen LogP contribution in [0.3, 0.4) is 0 Å². The molecule has 1 unspecified atom stereocenters. The Balaban J connectivity index is 1.78. The fourth-order valence-corrected chi connectivity index (χ4v) is 2.34. The molecule has 1 aromatic rings. The van der Waals surface area contributed by atoms with Crippen molar-refractivity contribution >= 4 is 17.7 Å². The number of hydrogen-bond acceptors (Lipinski definition) is 3. The normalized spacial score (nSPS) is 17.8. The van der Waals surface area contributed by atoms with E-state index >= 15 is 0 Å². The van der Waals surface area contributed by atoms with Gasteiger partial charge in [0.1, 0.15) is 6.61 Å². The minimum absolute atomic E-state index is 0.308. The summed E-state index contributed by atoms with van der Waals surface area (Å²) in [5.41, 5.74) is 7.50. The summed E-state index contributed by atoms with van der Waals surface area (Å²) >= 11 is 5.94. The maximum absolute atomic E-state index is 10.4. The van der Waals surface area contributed by atoms with Crippen molar-refractivity contribution in [3.63, 3.8) is 0 Å². The molecule has 92 valence electrons. The summed E-state index contributed by atoms with van der Waals surface area (Å²) in [6.45, 7) is 0.929. The first-order valence-electron chi connectivity index (χ1n) is 5.58. The predicted octanol–water partition coefficient (Wildman–Crippen LogP) is 1.49. The van der Waals surface area contributed by atoms with Gasteiger partial charge in [-0.2, -0.15) is 0 Å². The molecule has 0 aliphatic heterocycles. The van der Waals surface area contributed by atoms with Crippen LogP contribution in [0.1, 0.15) is 11.1 Å². The van der Waals surface area contributed by atoms with Crippen LogP contribution in [-0.2, 0) is 17.6 Å². The van der Waals surface area contributed by atoms with E-state index in [1.165, 1.54) is 11.1 Å². The molecular formula is C12H15ClN2O2. The Hall–Kier alpha value is -1.26. The summed E-state index contributed by atoms with van der Waals surface area (Å²) in [5, 5.41) is 4.11. The molecule has 1 atom stereocenters. The highest BCUT2D eigenvalue weighted by atomic mass is 35.5. The van der Waals surface area contributed by atoms with Gasteiger partial charge < -0.3 is 15.8 Å². The smallest absolute Gasteiger partial charge is 0.404 e. The fourth-order valence-electron chi connectivity index (χ4n) is 2.15. The molecule has 1 aromatic carbocycles. The van der Waals surface area contributed by atoms with Gasteiger partial charge in [-0.3, -0.25) is 0 Å². The molecule has 0 bridgehead atoms. The lowest BCUT2D eigenvalue weighted by Gasteiger charge is -2.11. The van der Waals surface area contributed by atoms with Gasteiger partial charge in [0.05, 0.1) is 0 Å². The second kappa shape index (κ2) is 5.38. The number of nitrogens with one attached hydrogen (secondary N) is 1. The van der Waals surface area contributed by atoms with E-state index in [0.717, 1.165) is 17.9 Å². The average molecular weight is 255 g/mol. The lowest BCUT2D eigenvalue weighted by molar-refractivity contribution is 0.156. The second-order valence-electron chi connectivity index (χ2n) is 4.14. The zero-order valence-electron chi connectivity index (χ0n) is 9.41.